The number of rotatable bonds is 8. The van der Waals surface area contributed by atoms with Gasteiger partial charge in [0.2, 0.25) is 5.91 Å². The largest absolute Gasteiger partial charge is 0.347 e. The molecule has 1 aromatic carbocycles. The zero-order valence-corrected chi connectivity index (χ0v) is 15.6. The third-order valence-electron chi connectivity index (χ3n) is 3.44. The first-order valence-electron chi connectivity index (χ1n) is 8.03. The molecule has 1 rings (SSSR count). The number of carbonyl (C=O) groups is 2. The van der Waals surface area contributed by atoms with Gasteiger partial charge in [-0.15, -0.1) is 0 Å². The molecule has 0 bridgehead atoms. The lowest BCUT2D eigenvalue weighted by atomic mass is 10.0. The van der Waals surface area contributed by atoms with Gasteiger partial charge in [0.1, 0.15) is 6.04 Å². The summed E-state index contributed by atoms with van der Waals surface area (Å²) in [5.41, 5.74) is 1.80. The SMILES string of the molecule is CCSCc1ccc(C(=O)NC(CC(C)C)C(=O)N(C)C)cc1. The molecule has 5 heteroatoms. The van der Waals surface area contributed by atoms with Crippen molar-refractivity contribution in [2.75, 3.05) is 19.8 Å². The van der Waals surface area contributed by atoms with Crippen molar-refractivity contribution < 1.29 is 9.59 Å². The molecule has 0 fully saturated rings. The smallest absolute Gasteiger partial charge is 0.251 e. The van der Waals surface area contributed by atoms with E-state index in [1.807, 2.05) is 49.9 Å². The van der Waals surface area contributed by atoms with Gasteiger partial charge in [0.25, 0.3) is 5.91 Å². The van der Waals surface area contributed by atoms with Crippen LogP contribution in [0.25, 0.3) is 0 Å². The summed E-state index contributed by atoms with van der Waals surface area (Å²) in [6.45, 7) is 6.22. The van der Waals surface area contributed by atoms with Crippen LogP contribution in [0.4, 0.5) is 0 Å². The number of nitrogens with one attached hydrogen (secondary N) is 1. The van der Waals surface area contributed by atoms with Gasteiger partial charge in [0.05, 0.1) is 0 Å². The number of amides is 2. The quantitative estimate of drug-likeness (QED) is 0.793. The first kappa shape index (κ1) is 19.6. The summed E-state index contributed by atoms with van der Waals surface area (Å²) in [6, 6.07) is 7.12. The van der Waals surface area contributed by atoms with E-state index in [4.69, 9.17) is 0 Å². The van der Waals surface area contributed by atoms with Crippen LogP contribution in [0.1, 0.15) is 43.1 Å². The molecule has 1 atom stereocenters. The van der Waals surface area contributed by atoms with Crippen molar-refractivity contribution in [2.24, 2.45) is 5.92 Å². The van der Waals surface area contributed by atoms with Gasteiger partial charge in [-0.25, -0.2) is 0 Å². The minimum atomic E-state index is -0.479. The van der Waals surface area contributed by atoms with Crippen LogP contribution in [0.5, 0.6) is 0 Å². The van der Waals surface area contributed by atoms with Crippen LogP contribution in [-0.4, -0.2) is 42.6 Å². The number of benzene rings is 1. The van der Waals surface area contributed by atoms with Gasteiger partial charge in [-0.2, -0.15) is 11.8 Å². The van der Waals surface area contributed by atoms with Crippen LogP contribution >= 0.6 is 11.8 Å². The molecule has 1 aromatic rings. The molecular formula is C18H28N2O2S. The normalized spacial score (nSPS) is 12.1. The predicted octanol–water partition coefficient (Wildman–Crippen LogP) is 3.17. The van der Waals surface area contributed by atoms with E-state index in [0.717, 1.165) is 11.5 Å². The molecule has 0 aromatic heterocycles. The van der Waals surface area contributed by atoms with Crippen molar-refractivity contribution in [3.8, 4) is 0 Å². The summed E-state index contributed by atoms with van der Waals surface area (Å²) in [4.78, 5) is 26.2. The second kappa shape index (κ2) is 9.60. The zero-order chi connectivity index (χ0) is 17.4. The van der Waals surface area contributed by atoms with E-state index in [2.05, 4.69) is 12.2 Å². The van der Waals surface area contributed by atoms with E-state index in [0.29, 0.717) is 17.9 Å². The summed E-state index contributed by atoms with van der Waals surface area (Å²) < 4.78 is 0. The van der Waals surface area contributed by atoms with Gasteiger partial charge in [-0.05, 0) is 35.8 Å². The third-order valence-corrected chi connectivity index (χ3v) is 4.39. The van der Waals surface area contributed by atoms with Crippen molar-refractivity contribution >= 4 is 23.6 Å². The van der Waals surface area contributed by atoms with E-state index >= 15 is 0 Å². The van der Waals surface area contributed by atoms with Crippen LogP contribution in [0.2, 0.25) is 0 Å². The summed E-state index contributed by atoms with van der Waals surface area (Å²) in [6.07, 6.45) is 0.633. The Labute approximate surface area is 144 Å². The Hall–Kier alpha value is -1.49. The molecule has 0 aliphatic carbocycles. The molecule has 23 heavy (non-hydrogen) atoms. The van der Waals surface area contributed by atoms with Crippen LogP contribution in [0.15, 0.2) is 24.3 Å². The van der Waals surface area contributed by atoms with Gasteiger partial charge in [-0.1, -0.05) is 32.9 Å². The molecule has 0 aliphatic rings. The van der Waals surface area contributed by atoms with Crippen LogP contribution in [0, 0.1) is 5.92 Å². The summed E-state index contributed by atoms with van der Waals surface area (Å²) in [5, 5.41) is 2.87. The number of hydrogen-bond acceptors (Lipinski definition) is 3. The van der Waals surface area contributed by atoms with Crippen molar-refractivity contribution in [3.05, 3.63) is 35.4 Å². The lowest BCUT2D eigenvalue weighted by molar-refractivity contribution is -0.131. The first-order valence-corrected chi connectivity index (χ1v) is 9.19. The standard InChI is InChI=1S/C18H28N2O2S/c1-6-23-12-14-7-9-15(10-8-14)17(21)19-16(11-13(2)3)18(22)20(4)5/h7-10,13,16H,6,11-12H2,1-5H3,(H,19,21). The fourth-order valence-electron chi connectivity index (χ4n) is 2.22. The molecule has 0 radical (unpaired) electrons. The first-order chi connectivity index (χ1) is 10.8. The van der Waals surface area contributed by atoms with Crippen molar-refractivity contribution in [3.63, 3.8) is 0 Å². The minimum absolute atomic E-state index is 0.0667. The Kier molecular flexibility index (Phi) is 8.17. The lowest BCUT2D eigenvalue weighted by Gasteiger charge is -2.23. The molecule has 0 heterocycles. The summed E-state index contributed by atoms with van der Waals surface area (Å²) in [7, 11) is 3.42. The molecule has 4 nitrogen and oxygen atoms in total. The molecule has 1 N–H and O–H groups in total. The Morgan fingerprint density at radius 1 is 1.17 bits per heavy atom. The van der Waals surface area contributed by atoms with E-state index in [1.54, 1.807) is 14.1 Å². The monoisotopic (exact) mass is 336 g/mol. The fourth-order valence-corrected chi connectivity index (χ4v) is 2.85. The highest BCUT2D eigenvalue weighted by atomic mass is 32.2. The molecule has 0 saturated heterocycles. The number of carbonyl (C=O) groups excluding carboxylic acids is 2. The molecule has 0 saturated carbocycles. The van der Waals surface area contributed by atoms with Gasteiger partial charge in [-0.3, -0.25) is 9.59 Å². The summed E-state index contributed by atoms with van der Waals surface area (Å²) >= 11 is 1.85. The van der Waals surface area contributed by atoms with Crippen LogP contribution < -0.4 is 5.32 Å². The maximum absolute atomic E-state index is 12.4. The predicted molar refractivity (Wildman–Crippen MR) is 97.7 cm³/mol. The number of likely N-dealkylation sites (N-methyl/N-ethyl adjacent to an activating group) is 1. The maximum atomic E-state index is 12.4. The average Bonchev–Trinajstić information content (AvgIpc) is 2.51. The summed E-state index contributed by atoms with van der Waals surface area (Å²) in [5.74, 6) is 2.10. The van der Waals surface area contributed by atoms with Gasteiger partial charge < -0.3 is 10.2 Å². The molecule has 128 valence electrons. The van der Waals surface area contributed by atoms with Gasteiger partial charge in [0.15, 0.2) is 0 Å². The van der Waals surface area contributed by atoms with E-state index in [-0.39, 0.29) is 11.8 Å². The maximum Gasteiger partial charge on any atom is 0.251 e. The zero-order valence-electron chi connectivity index (χ0n) is 14.8. The molecule has 0 spiro atoms. The van der Waals surface area contributed by atoms with Crippen molar-refractivity contribution in [2.45, 2.75) is 39.0 Å². The third kappa shape index (κ3) is 6.65. The molecule has 2 amide bonds. The van der Waals surface area contributed by atoms with Gasteiger partial charge >= 0.3 is 0 Å². The van der Waals surface area contributed by atoms with Crippen LogP contribution in [0.3, 0.4) is 0 Å². The van der Waals surface area contributed by atoms with Crippen LogP contribution in [-0.2, 0) is 10.5 Å². The molecular weight excluding hydrogens is 308 g/mol. The highest BCUT2D eigenvalue weighted by molar-refractivity contribution is 7.98. The fraction of sp³-hybridized carbons (Fsp3) is 0.556. The second-order valence-corrected chi connectivity index (χ2v) is 7.50. The van der Waals surface area contributed by atoms with E-state index in [9.17, 15) is 9.59 Å². The molecule has 0 aliphatic heterocycles. The number of thioether (sulfide) groups is 1. The average molecular weight is 337 g/mol. The Bertz CT molecular complexity index is 512. The Morgan fingerprint density at radius 3 is 2.26 bits per heavy atom. The topological polar surface area (TPSA) is 49.4 Å². The number of nitrogens with zero attached hydrogens (tertiary/aromatic N) is 1. The van der Waals surface area contributed by atoms with Gasteiger partial charge in [0, 0.05) is 25.4 Å². The molecule has 1 unspecified atom stereocenters. The number of hydrogen-bond donors (Lipinski definition) is 1. The van der Waals surface area contributed by atoms with E-state index < -0.39 is 6.04 Å². The second-order valence-electron chi connectivity index (χ2n) is 6.22. The van der Waals surface area contributed by atoms with Crippen molar-refractivity contribution in [1.82, 2.24) is 10.2 Å². The van der Waals surface area contributed by atoms with Crippen molar-refractivity contribution in [1.29, 1.82) is 0 Å². The minimum Gasteiger partial charge on any atom is -0.347 e. The van der Waals surface area contributed by atoms with E-state index in [1.165, 1.54) is 10.5 Å². The highest BCUT2D eigenvalue weighted by Gasteiger charge is 2.23. The Balaban J connectivity index is 2.75. The highest BCUT2D eigenvalue weighted by Crippen LogP contribution is 2.13. The Morgan fingerprint density at radius 2 is 1.78 bits per heavy atom. The lowest BCUT2D eigenvalue weighted by Crippen LogP contribution is -2.46.